The minimum Gasteiger partial charge on any atom is -0.494 e. The highest BCUT2D eigenvalue weighted by Gasteiger charge is 2.19. The van der Waals surface area contributed by atoms with Crippen molar-refractivity contribution in [3.05, 3.63) is 46.2 Å². The Kier molecular flexibility index (Phi) is 5.92. The van der Waals surface area contributed by atoms with Crippen LogP contribution < -0.4 is 14.8 Å². The van der Waals surface area contributed by atoms with Crippen LogP contribution in [0.5, 0.6) is 11.5 Å². The van der Waals surface area contributed by atoms with E-state index in [0.29, 0.717) is 12.4 Å². The Balaban J connectivity index is 2.08. The molecule has 0 bridgehead atoms. The van der Waals surface area contributed by atoms with Crippen LogP contribution in [-0.2, 0) is 0 Å². The molecule has 1 aromatic heterocycles. The quantitative estimate of drug-likeness (QED) is 0.819. The summed E-state index contributed by atoms with van der Waals surface area (Å²) >= 11 is 1.05. The van der Waals surface area contributed by atoms with Gasteiger partial charge < -0.3 is 14.8 Å². The molecule has 7 heteroatoms. The number of hydrogen-bond acceptors (Lipinski definition) is 4. The maximum absolute atomic E-state index is 12.3. The van der Waals surface area contributed by atoms with Crippen LogP contribution in [0.25, 0.3) is 0 Å². The van der Waals surface area contributed by atoms with Gasteiger partial charge in [-0.3, -0.25) is 4.79 Å². The van der Waals surface area contributed by atoms with E-state index in [1.807, 2.05) is 38.1 Å². The third-order valence-electron chi connectivity index (χ3n) is 3.07. The highest BCUT2D eigenvalue weighted by atomic mass is 32.1. The van der Waals surface area contributed by atoms with E-state index in [4.69, 9.17) is 4.74 Å². The summed E-state index contributed by atoms with van der Waals surface area (Å²) in [7, 11) is 0. The first-order valence-corrected chi connectivity index (χ1v) is 7.95. The molecule has 1 aromatic carbocycles. The molecule has 0 aliphatic heterocycles. The van der Waals surface area contributed by atoms with Crippen LogP contribution in [0.3, 0.4) is 0 Å². The van der Waals surface area contributed by atoms with Crippen LogP contribution in [0.2, 0.25) is 0 Å². The SMILES string of the molecule is CCOc1cccc(C(C)NC(=O)c2sccc2OC(F)F)c1. The fraction of sp³-hybridized carbons (Fsp3) is 0.312. The number of nitrogens with one attached hydrogen (secondary N) is 1. The van der Waals surface area contributed by atoms with E-state index >= 15 is 0 Å². The molecule has 0 radical (unpaired) electrons. The number of amides is 1. The van der Waals surface area contributed by atoms with E-state index in [1.165, 1.54) is 11.4 Å². The third kappa shape index (κ3) is 4.66. The van der Waals surface area contributed by atoms with Gasteiger partial charge >= 0.3 is 6.61 Å². The molecule has 4 nitrogen and oxygen atoms in total. The molecule has 0 saturated heterocycles. The van der Waals surface area contributed by atoms with Gasteiger partial charge in [-0.1, -0.05) is 12.1 Å². The Morgan fingerprint density at radius 3 is 2.83 bits per heavy atom. The lowest BCUT2D eigenvalue weighted by molar-refractivity contribution is -0.0498. The Bertz CT molecular complexity index is 660. The maximum atomic E-state index is 12.3. The molecule has 1 unspecified atom stereocenters. The summed E-state index contributed by atoms with van der Waals surface area (Å²) in [5.41, 5.74) is 0.859. The summed E-state index contributed by atoms with van der Waals surface area (Å²) in [6.07, 6.45) is 0. The summed E-state index contributed by atoms with van der Waals surface area (Å²) in [5, 5.41) is 4.31. The minimum atomic E-state index is -2.96. The summed E-state index contributed by atoms with van der Waals surface area (Å²) in [6, 6.07) is 8.41. The predicted molar refractivity (Wildman–Crippen MR) is 84.4 cm³/mol. The molecule has 1 amide bonds. The van der Waals surface area contributed by atoms with Crippen LogP contribution in [0, 0.1) is 0 Å². The first kappa shape index (κ1) is 17.2. The first-order valence-electron chi connectivity index (χ1n) is 7.07. The van der Waals surface area contributed by atoms with Crippen LogP contribution in [0.4, 0.5) is 8.78 Å². The van der Waals surface area contributed by atoms with Crippen molar-refractivity contribution in [2.45, 2.75) is 26.5 Å². The van der Waals surface area contributed by atoms with E-state index in [0.717, 1.165) is 16.9 Å². The van der Waals surface area contributed by atoms with Gasteiger partial charge in [-0.15, -0.1) is 11.3 Å². The number of ether oxygens (including phenoxy) is 2. The molecule has 23 heavy (non-hydrogen) atoms. The zero-order valence-electron chi connectivity index (χ0n) is 12.7. The molecule has 124 valence electrons. The number of carbonyl (C=O) groups is 1. The molecule has 1 heterocycles. The van der Waals surface area contributed by atoms with Crippen LogP contribution in [0.1, 0.15) is 35.1 Å². The number of alkyl halides is 2. The van der Waals surface area contributed by atoms with Crippen molar-refractivity contribution in [2.24, 2.45) is 0 Å². The second-order valence-electron chi connectivity index (χ2n) is 4.69. The lowest BCUT2D eigenvalue weighted by atomic mass is 10.1. The molecular formula is C16H17F2NO3S. The van der Waals surface area contributed by atoms with Crippen LogP contribution >= 0.6 is 11.3 Å². The van der Waals surface area contributed by atoms with Crippen LogP contribution in [0.15, 0.2) is 35.7 Å². The highest BCUT2D eigenvalue weighted by Crippen LogP contribution is 2.27. The van der Waals surface area contributed by atoms with E-state index in [9.17, 15) is 13.6 Å². The number of benzene rings is 1. The molecule has 1 N–H and O–H groups in total. The first-order chi connectivity index (χ1) is 11.0. The van der Waals surface area contributed by atoms with Gasteiger partial charge in [-0.25, -0.2) is 0 Å². The Morgan fingerprint density at radius 1 is 1.35 bits per heavy atom. The van der Waals surface area contributed by atoms with Gasteiger partial charge in [0.25, 0.3) is 5.91 Å². The predicted octanol–water partition coefficient (Wildman–Crippen LogP) is 4.24. The van der Waals surface area contributed by atoms with Crippen molar-refractivity contribution in [1.29, 1.82) is 0 Å². The molecule has 0 fully saturated rings. The smallest absolute Gasteiger partial charge is 0.387 e. The number of halogens is 2. The highest BCUT2D eigenvalue weighted by molar-refractivity contribution is 7.12. The van der Waals surface area contributed by atoms with Crippen molar-refractivity contribution in [2.75, 3.05) is 6.61 Å². The van der Waals surface area contributed by atoms with E-state index in [1.54, 1.807) is 0 Å². The lowest BCUT2D eigenvalue weighted by Gasteiger charge is -2.15. The fourth-order valence-corrected chi connectivity index (χ4v) is 2.76. The van der Waals surface area contributed by atoms with Crippen LogP contribution in [-0.4, -0.2) is 19.1 Å². The molecule has 0 aliphatic rings. The third-order valence-corrected chi connectivity index (χ3v) is 3.96. The number of rotatable bonds is 7. The molecule has 0 aliphatic carbocycles. The monoisotopic (exact) mass is 341 g/mol. The number of carbonyl (C=O) groups excluding carboxylic acids is 1. The van der Waals surface area contributed by atoms with Crippen molar-refractivity contribution in [1.82, 2.24) is 5.32 Å². The van der Waals surface area contributed by atoms with Gasteiger partial charge in [-0.05, 0) is 43.0 Å². The molecular weight excluding hydrogens is 324 g/mol. The molecule has 1 atom stereocenters. The fourth-order valence-electron chi connectivity index (χ4n) is 2.04. The maximum Gasteiger partial charge on any atom is 0.387 e. The summed E-state index contributed by atoms with van der Waals surface area (Å²) in [5.74, 6) is 0.145. The normalized spacial score (nSPS) is 12.0. The summed E-state index contributed by atoms with van der Waals surface area (Å²) in [4.78, 5) is 12.4. The van der Waals surface area contributed by atoms with Crippen molar-refractivity contribution < 1.29 is 23.0 Å². The average molecular weight is 341 g/mol. The Labute approximate surface area is 137 Å². The average Bonchev–Trinajstić information content (AvgIpc) is 2.95. The standard InChI is InChI=1S/C16H17F2NO3S/c1-3-21-12-6-4-5-11(9-12)10(2)19-15(20)14-13(7-8-23-14)22-16(17)18/h4-10,16H,3H2,1-2H3,(H,19,20). The van der Waals surface area contributed by atoms with Gasteiger partial charge in [-0.2, -0.15) is 8.78 Å². The molecule has 0 spiro atoms. The van der Waals surface area contributed by atoms with E-state index in [-0.39, 0.29) is 16.7 Å². The van der Waals surface area contributed by atoms with E-state index < -0.39 is 12.5 Å². The topological polar surface area (TPSA) is 47.6 Å². The van der Waals surface area contributed by atoms with Gasteiger partial charge in [0.2, 0.25) is 0 Å². The number of thiophene rings is 1. The van der Waals surface area contributed by atoms with E-state index in [2.05, 4.69) is 10.1 Å². The zero-order chi connectivity index (χ0) is 16.8. The Hall–Kier alpha value is -2.15. The second kappa shape index (κ2) is 7.92. The van der Waals surface area contributed by atoms with Crippen molar-refractivity contribution in [3.8, 4) is 11.5 Å². The Morgan fingerprint density at radius 2 is 2.13 bits per heavy atom. The minimum absolute atomic E-state index is 0.113. The molecule has 0 saturated carbocycles. The van der Waals surface area contributed by atoms with Gasteiger partial charge in [0.15, 0.2) is 0 Å². The summed E-state index contributed by atoms with van der Waals surface area (Å²) in [6.45, 7) is 1.29. The zero-order valence-corrected chi connectivity index (χ0v) is 13.5. The van der Waals surface area contributed by atoms with Crippen molar-refractivity contribution >= 4 is 17.2 Å². The van der Waals surface area contributed by atoms with Gasteiger partial charge in [0.1, 0.15) is 16.4 Å². The lowest BCUT2D eigenvalue weighted by Crippen LogP contribution is -2.26. The largest absolute Gasteiger partial charge is 0.494 e. The van der Waals surface area contributed by atoms with Gasteiger partial charge in [0.05, 0.1) is 12.6 Å². The molecule has 2 aromatic rings. The number of hydrogen-bond donors (Lipinski definition) is 1. The van der Waals surface area contributed by atoms with Crippen molar-refractivity contribution in [3.63, 3.8) is 0 Å². The summed E-state index contributed by atoms with van der Waals surface area (Å²) < 4.78 is 34.4. The second-order valence-corrected chi connectivity index (χ2v) is 5.61. The molecule has 2 rings (SSSR count). The van der Waals surface area contributed by atoms with Gasteiger partial charge in [0, 0.05) is 0 Å².